The van der Waals surface area contributed by atoms with Gasteiger partial charge in [0.25, 0.3) is 0 Å². The summed E-state index contributed by atoms with van der Waals surface area (Å²) < 4.78 is 5.11. The number of anilines is 2. The van der Waals surface area contributed by atoms with Crippen molar-refractivity contribution in [1.29, 1.82) is 0 Å². The molecule has 0 atom stereocenters. The van der Waals surface area contributed by atoms with Gasteiger partial charge >= 0.3 is 6.03 Å². The summed E-state index contributed by atoms with van der Waals surface area (Å²) in [6.45, 7) is 0.838. The van der Waals surface area contributed by atoms with Gasteiger partial charge in [-0.15, -0.1) is 11.3 Å². The van der Waals surface area contributed by atoms with E-state index in [4.69, 9.17) is 4.74 Å². The lowest BCUT2D eigenvalue weighted by Gasteiger charge is -2.10. The quantitative estimate of drug-likeness (QED) is 0.767. The molecule has 1 aromatic heterocycles. The highest BCUT2D eigenvalue weighted by molar-refractivity contribution is 7.13. The van der Waals surface area contributed by atoms with Crippen LogP contribution in [0.3, 0.4) is 0 Å². The van der Waals surface area contributed by atoms with Crippen LogP contribution in [-0.4, -0.2) is 25.2 Å². The molecule has 2 amide bonds. The van der Waals surface area contributed by atoms with Gasteiger partial charge in [-0.3, -0.25) is 0 Å². The maximum atomic E-state index is 11.9. The van der Waals surface area contributed by atoms with Crippen LogP contribution in [0, 0.1) is 0 Å². The monoisotopic (exact) mass is 306 g/mol. The molecule has 2 aromatic rings. The van der Waals surface area contributed by atoms with Crippen LogP contribution >= 0.6 is 11.3 Å². The van der Waals surface area contributed by atoms with Gasteiger partial charge in [-0.2, -0.15) is 0 Å². The summed E-state index contributed by atoms with van der Waals surface area (Å²) in [6, 6.07) is 7.27. The molecule has 0 bridgehead atoms. The fourth-order valence-electron chi connectivity index (χ4n) is 1.76. The molecule has 6 nitrogen and oxygen atoms in total. The number of methoxy groups -OCH3 is 1. The second-order valence-corrected chi connectivity index (χ2v) is 5.15. The number of nitrogens with one attached hydrogen (secondary N) is 3. The molecule has 0 aliphatic heterocycles. The van der Waals surface area contributed by atoms with E-state index in [1.165, 1.54) is 11.3 Å². The molecule has 0 fully saturated rings. The van der Waals surface area contributed by atoms with E-state index in [1.807, 2.05) is 36.7 Å². The van der Waals surface area contributed by atoms with Crippen LogP contribution in [0.25, 0.3) is 0 Å². The number of aromatic nitrogens is 1. The first-order valence-electron chi connectivity index (χ1n) is 6.46. The van der Waals surface area contributed by atoms with Crippen molar-refractivity contribution in [3.05, 3.63) is 40.9 Å². The normalized spacial score (nSPS) is 10.2. The lowest BCUT2D eigenvalue weighted by Crippen LogP contribution is -2.28. The van der Waals surface area contributed by atoms with Crippen molar-refractivity contribution in [2.45, 2.75) is 13.2 Å². The van der Waals surface area contributed by atoms with Gasteiger partial charge in [0.05, 0.1) is 18.8 Å². The highest BCUT2D eigenvalue weighted by Crippen LogP contribution is 2.16. The fraction of sp³-hybridized carbons (Fsp3) is 0.286. The summed E-state index contributed by atoms with van der Waals surface area (Å²) >= 11 is 1.50. The lowest BCUT2D eigenvalue weighted by molar-refractivity contribution is 0.185. The molecule has 112 valence electrons. The molecule has 21 heavy (non-hydrogen) atoms. The van der Waals surface area contributed by atoms with Crippen molar-refractivity contribution in [2.75, 3.05) is 24.8 Å². The Labute approximate surface area is 127 Å². The minimum Gasteiger partial charge on any atom is -0.380 e. The van der Waals surface area contributed by atoms with Gasteiger partial charge < -0.3 is 20.7 Å². The van der Waals surface area contributed by atoms with Crippen molar-refractivity contribution >= 4 is 28.2 Å². The smallest absolute Gasteiger partial charge is 0.319 e. The Hall–Kier alpha value is -2.12. The van der Waals surface area contributed by atoms with Gasteiger partial charge in [-0.25, -0.2) is 9.78 Å². The Kier molecular flexibility index (Phi) is 5.53. The van der Waals surface area contributed by atoms with Crippen LogP contribution in [0.5, 0.6) is 0 Å². The first-order valence-corrected chi connectivity index (χ1v) is 7.34. The summed E-state index contributed by atoms with van der Waals surface area (Å²) in [5, 5.41) is 11.3. The molecule has 0 saturated heterocycles. The van der Waals surface area contributed by atoms with E-state index >= 15 is 0 Å². The zero-order valence-electron chi connectivity index (χ0n) is 12.0. The van der Waals surface area contributed by atoms with Gasteiger partial charge in [0.15, 0.2) is 5.13 Å². The molecule has 0 spiro atoms. The van der Waals surface area contributed by atoms with E-state index < -0.39 is 0 Å². The van der Waals surface area contributed by atoms with E-state index in [-0.39, 0.29) is 6.03 Å². The van der Waals surface area contributed by atoms with E-state index in [9.17, 15) is 4.79 Å². The van der Waals surface area contributed by atoms with E-state index in [1.54, 1.807) is 7.11 Å². The SMILES string of the molecule is CNc1nc(CNC(=O)Nc2ccccc2COC)cs1. The van der Waals surface area contributed by atoms with Crippen LogP contribution in [0.2, 0.25) is 0 Å². The van der Waals surface area contributed by atoms with E-state index in [0.717, 1.165) is 22.1 Å². The molecule has 0 unspecified atom stereocenters. The predicted octanol–water partition coefficient (Wildman–Crippen LogP) is 2.65. The molecule has 3 N–H and O–H groups in total. The number of urea groups is 1. The Balaban J connectivity index is 1.89. The number of rotatable bonds is 6. The van der Waals surface area contributed by atoms with Gasteiger partial charge in [-0.05, 0) is 6.07 Å². The molecular weight excluding hydrogens is 288 g/mol. The second kappa shape index (κ2) is 7.61. The van der Waals surface area contributed by atoms with Crippen molar-refractivity contribution < 1.29 is 9.53 Å². The number of carbonyl (C=O) groups excluding carboxylic acids is 1. The third kappa shape index (κ3) is 4.44. The van der Waals surface area contributed by atoms with Crippen LogP contribution < -0.4 is 16.0 Å². The average Bonchev–Trinajstić information content (AvgIpc) is 2.95. The maximum Gasteiger partial charge on any atom is 0.319 e. The number of thiazole rings is 1. The van der Waals surface area contributed by atoms with Gasteiger partial charge in [0.1, 0.15) is 0 Å². The summed E-state index contributed by atoms with van der Waals surface area (Å²) in [7, 11) is 3.44. The number of carbonyl (C=O) groups is 1. The Bertz CT molecular complexity index is 600. The third-order valence-corrected chi connectivity index (χ3v) is 3.67. The zero-order chi connectivity index (χ0) is 15.1. The molecule has 0 aliphatic rings. The average molecular weight is 306 g/mol. The molecule has 1 aromatic carbocycles. The minimum atomic E-state index is -0.266. The third-order valence-electron chi connectivity index (χ3n) is 2.76. The number of benzene rings is 1. The van der Waals surface area contributed by atoms with Crippen molar-refractivity contribution in [2.24, 2.45) is 0 Å². The molecule has 0 aliphatic carbocycles. The summed E-state index contributed by atoms with van der Waals surface area (Å²) in [4.78, 5) is 16.2. The van der Waals surface area contributed by atoms with Crippen LogP contribution in [0.15, 0.2) is 29.6 Å². The lowest BCUT2D eigenvalue weighted by atomic mass is 10.2. The molecule has 0 radical (unpaired) electrons. The summed E-state index contributed by atoms with van der Waals surface area (Å²) in [5.41, 5.74) is 2.50. The van der Waals surface area contributed by atoms with Crippen LogP contribution in [0.1, 0.15) is 11.3 Å². The maximum absolute atomic E-state index is 11.9. The summed E-state index contributed by atoms with van der Waals surface area (Å²) in [5.74, 6) is 0. The molecule has 1 heterocycles. The van der Waals surface area contributed by atoms with Crippen LogP contribution in [0.4, 0.5) is 15.6 Å². The number of nitrogens with zero attached hydrogens (tertiary/aromatic N) is 1. The fourth-order valence-corrected chi connectivity index (χ4v) is 2.44. The molecule has 2 rings (SSSR count). The Morgan fingerprint density at radius 3 is 2.90 bits per heavy atom. The number of para-hydroxylation sites is 1. The number of hydrogen-bond acceptors (Lipinski definition) is 5. The van der Waals surface area contributed by atoms with Gasteiger partial charge in [0.2, 0.25) is 0 Å². The topological polar surface area (TPSA) is 75.3 Å². The van der Waals surface area contributed by atoms with Gasteiger partial charge in [-0.1, -0.05) is 18.2 Å². The minimum absolute atomic E-state index is 0.266. The second-order valence-electron chi connectivity index (χ2n) is 4.29. The summed E-state index contributed by atoms with van der Waals surface area (Å²) in [6.07, 6.45) is 0. The zero-order valence-corrected chi connectivity index (χ0v) is 12.8. The molecular formula is C14H18N4O2S. The van der Waals surface area contributed by atoms with E-state index in [0.29, 0.717) is 13.2 Å². The number of ether oxygens (including phenoxy) is 1. The Morgan fingerprint density at radius 1 is 1.38 bits per heavy atom. The van der Waals surface area contributed by atoms with Crippen LogP contribution in [-0.2, 0) is 17.9 Å². The first-order chi connectivity index (χ1) is 10.2. The molecule has 0 saturated carbocycles. The standard InChI is InChI=1S/C14H18N4O2S/c1-15-14-17-11(9-21-14)7-16-13(19)18-12-6-4-3-5-10(12)8-20-2/h3-6,9H,7-8H2,1-2H3,(H,15,17)(H2,16,18,19). The highest BCUT2D eigenvalue weighted by atomic mass is 32.1. The van der Waals surface area contributed by atoms with E-state index in [2.05, 4.69) is 20.9 Å². The highest BCUT2D eigenvalue weighted by Gasteiger charge is 2.07. The van der Waals surface area contributed by atoms with Crippen molar-refractivity contribution in [3.63, 3.8) is 0 Å². The first kappa shape index (κ1) is 15.3. The Morgan fingerprint density at radius 2 is 2.19 bits per heavy atom. The largest absolute Gasteiger partial charge is 0.380 e. The molecule has 7 heteroatoms. The predicted molar refractivity (Wildman–Crippen MR) is 84.7 cm³/mol. The number of amides is 2. The van der Waals surface area contributed by atoms with Crippen molar-refractivity contribution in [1.82, 2.24) is 10.3 Å². The number of hydrogen-bond donors (Lipinski definition) is 3. The van der Waals surface area contributed by atoms with Gasteiger partial charge in [0, 0.05) is 30.8 Å². The van der Waals surface area contributed by atoms with Crippen molar-refractivity contribution in [3.8, 4) is 0 Å².